The van der Waals surface area contributed by atoms with Gasteiger partial charge in [0.05, 0.1) is 12.7 Å². The van der Waals surface area contributed by atoms with Crippen molar-refractivity contribution in [2.75, 3.05) is 7.11 Å². The lowest BCUT2D eigenvalue weighted by atomic mass is 10.2. The molecule has 132 valence electrons. The number of methoxy groups -OCH3 is 1. The molecule has 0 aromatic heterocycles. The molecule has 5 nitrogen and oxygen atoms in total. The maximum absolute atomic E-state index is 12.1. The van der Waals surface area contributed by atoms with E-state index in [1.165, 1.54) is 27.0 Å². The van der Waals surface area contributed by atoms with Crippen molar-refractivity contribution < 1.29 is 23.8 Å². The first-order chi connectivity index (χ1) is 11.9. The number of benzene rings is 2. The van der Waals surface area contributed by atoms with Crippen LogP contribution in [0.1, 0.15) is 29.8 Å². The van der Waals surface area contributed by atoms with Gasteiger partial charge in [0.2, 0.25) is 0 Å². The highest BCUT2D eigenvalue weighted by Gasteiger charge is 2.17. The molecule has 1 atom stereocenters. The first-order valence-corrected chi connectivity index (χ1v) is 8.05. The molecule has 0 fully saturated rings. The number of carbonyl (C=O) groups is 2. The summed E-state index contributed by atoms with van der Waals surface area (Å²) in [7, 11) is 1.48. The van der Waals surface area contributed by atoms with Crippen LogP contribution in [-0.2, 0) is 16.1 Å². The van der Waals surface area contributed by atoms with Gasteiger partial charge in [0.25, 0.3) is 0 Å². The minimum Gasteiger partial charge on any atom is -0.493 e. The SMILES string of the molecule is COc1cc(C(=O)O[C@H](C)C(C)=O)ccc1OCc1ccc(Cl)cc1. The van der Waals surface area contributed by atoms with E-state index < -0.39 is 12.1 Å². The molecule has 0 N–H and O–H groups in total. The fourth-order valence-corrected chi connectivity index (χ4v) is 2.09. The van der Waals surface area contributed by atoms with Crippen molar-refractivity contribution in [3.63, 3.8) is 0 Å². The highest BCUT2D eigenvalue weighted by atomic mass is 35.5. The van der Waals surface area contributed by atoms with E-state index >= 15 is 0 Å². The van der Waals surface area contributed by atoms with Crippen LogP contribution in [0.15, 0.2) is 42.5 Å². The number of ether oxygens (including phenoxy) is 3. The van der Waals surface area contributed by atoms with Crippen LogP contribution in [-0.4, -0.2) is 25.0 Å². The number of carbonyl (C=O) groups excluding carboxylic acids is 2. The highest BCUT2D eigenvalue weighted by molar-refractivity contribution is 6.30. The van der Waals surface area contributed by atoms with Crippen molar-refractivity contribution in [1.29, 1.82) is 0 Å². The lowest BCUT2D eigenvalue weighted by Crippen LogP contribution is -2.21. The summed E-state index contributed by atoms with van der Waals surface area (Å²) in [5.74, 6) is 0.0843. The number of ketones is 1. The van der Waals surface area contributed by atoms with Gasteiger partial charge in [0, 0.05) is 5.02 Å². The Bertz CT molecular complexity index is 755. The Labute approximate surface area is 151 Å². The molecule has 0 bridgehead atoms. The maximum atomic E-state index is 12.1. The van der Waals surface area contributed by atoms with E-state index in [1.54, 1.807) is 24.3 Å². The summed E-state index contributed by atoms with van der Waals surface area (Å²) in [5, 5.41) is 0.656. The zero-order valence-corrected chi connectivity index (χ0v) is 15.0. The fourth-order valence-electron chi connectivity index (χ4n) is 1.97. The standard InChI is InChI=1S/C19H19ClO5/c1-12(21)13(2)25-19(22)15-6-9-17(18(10-15)23-3)24-11-14-4-7-16(20)8-5-14/h4-10,13H,11H2,1-3H3/t13-/m1/s1. The molecule has 0 spiro atoms. The lowest BCUT2D eigenvalue weighted by Gasteiger charge is -2.13. The van der Waals surface area contributed by atoms with Crippen molar-refractivity contribution in [3.8, 4) is 11.5 Å². The summed E-state index contributed by atoms with van der Waals surface area (Å²) in [4.78, 5) is 23.3. The Balaban J connectivity index is 2.09. The molecule has 0 amide bonds. The summed E-state index contributed by atoms with van der Waals surface area (Å²) in [5.41, 5.74) is 1.23. The van der Waals surface area contributed by atoms with Gasteiger partial charge >= 0.3 is 5.97 Å². The number of hydrogen-bond acceptors (Lipinski definition) is 5. The number of rotatable bonds is 7. The van der Waals surface area contributed by atoms with Crippen LogP contribution in [0.3, 0.4) is 0 Å². The molecular formula is C19H19ClO5. The largest absolute Gasteiger partial charge is 0.493 e. The maximum Gasteiger partial charge on any atom is 0.338 e. The Hall–Kier alpha value is -2.53. The zero-order chi connectivity index (χ0) is 18.4. The van der Waals surface area contributed by atoms with E-state index in [1.807, 2.05) is 12.1 Å². The van der Waals surface area contributed by atoms with Gasteiger partial charge in [-0.15, -0.1) is 0 Å². The van der Waals surface area contributed by atoms with Crippen LogP contribution in [0.25, 0.3) is 0 Å². The van der Waals surface area contributed by atoms with Crippen LogP contribution >= 0.6 is 11.6 Å². The summed E-state index contributed by atoms with van der Waals surface area (Å²) < 4.78 is 16.1. The molecule has 2 aromatic carbocycles. The van der Waals surface area contributed by atoms with Gasteiger partial charge in [0.1, 0.15) is 6.61 Å². The molecule has 0 radical (unpaired) electrons. The van der Waals surface area contributed by atoms with Gasteiger partial charge in [-0.2, -0.15) is 0 Å². The molecule has 2 aromatic rings. The molecule has 0 saturated heterocycles. The Morgan fingerprint density at radius 3 is 2.36 bits per heavy atom. The van der Waals surface area contributed by atoms with Crippen LogP contribution in [0, 0.1) is 0 Å². The minimum atomic E-state index is -0.792. The molecule has 0 heterocycles. The third kappa shape index (κ3) is 5.22. The van der Waals surface area contributed by atoms with E-state index in [-0.39, 0.29) is 11.3 Å². The molecule has 2 rings (SSSR count). The molecule has 25 heavy (non-hydrogen) atoms. The predicted octanol–water partition coefficient (Wildman–Crippen LogP) is 4.06. The van der Waals surface area contributed by atoms with E-state index in [9.17, 15) is 9.59 Å². The summed E-state index contributed by atoms with van der Waals surface area (Å²) in [6.45, 7) is 3.23. The van der Waals surface area contributed by atoms with Crippen molar-refractivity contribution >= 4 is 23.4 Å². The second-order valence-corrected chi connectivity index (χ2v) is 5.88. The normalized spacial score (nSPS) is 11.5. The Kier molecular flexibility index (Phi) is 6.42. The molecular weight excluding hydrogens is 344 g/mol. The topological polar surface area (TPSA) is 61.8 Å². The van der Waals surface area contributed by atoms with E-state index in [0.717, 1.165) is 5.56 Å². The van der Waals surface area contributed by atoms with Gasteiger partial charge in [-0.1, -0.05) is 23.7 Å². The van der Waals surface area contributed by atoms with Crippen molar-refractivity contribution in [2.24, 2.45) is 0 Å². The van der Waals surface area contributed by atoms with Crippen LogP contribution < -0.4 is 9.47 Å². The monoisotopic (exact) mass is 362 g/mol. The van der Waals surface area contributed by atoms with Gasteiger partial charge in [-0.05, 0) is 49.7 Å². The van der Waals surface area contributed by atoms with Crippen molar-refractivity contribution in [1.82, 2.24) is 0 Å². The lowest BCUT2D eigenvalue weighted by molar-refractivity contribution is -0.124. The quantitative estimate of drug-likeness (QED) is 0.695. The molecule has 0 saturated carbocycles. The van der Waals surface area contributed by atoms with Crippen molar-refractivity contribution in [2.45, 2.75) is 26.6 Å². The summed E-state index contributed by atoms with van der Waals surface area (Å²) in [6.07, 6.45) is -0.792. The number of hydrogen-bond donors (Lipinski definition) is 0. The predicted molar refractivity (Wildman–Crippen MR) is 94.3 cm³/mol. The van der Waals surface area contributed by atoms with E-state index in [4.69, 9.17) is 25.8 Å². The van der Waals surface area contributed by atoms with Crippen LogP contribution in [0.2, 0.25) is 5.02 Å². The summed E-state index contributed by atoms with van der Waals surface area (Å²) in [6, 6.07) is 12.0. The number of halogens is 1. The van der Waals surface area contributed by atoms with Crippen molar-refractivity contribution in [3.05, 3.63) is 58.6 Å². The molecule has 0 unspecified atom stereocenters. The smallest absolute Gasteiger partial charge is 0.338 e. The Morgan fingerprint density at radius 1 is 1.08 bits per heavy atom. The first-order valence-electron chi connectivity index (χ1n) is 7.67. The second-order valence-electron chi connectivity index (χ2n) is 5.44. The third-order valence-corrected chi connectivity index (χ3v) is 3.82. The second kappa shape index (κ2) is 8.53. The third-order valence-electron chi connectivity index (χ3n) is 3.56. The number of esters is 1. The van der Waals surface area contributed by atoms with Gasteiger partial charge in [0.15, 0.2) is 23.4 Å². The number of Topliss-reactive ketones (excluding diaryl/α,β-unsaturated/α-hetero) is 1. The molecule has 6 heteroatoms. The summed E-state index contributed by atoms with van der Waals surface area (Å²) >= 11 is 5.85. The van der Waals surface area contributed by atoms with Crippen LogP contribution in [0.4, 0.5) is 0 Å². The fraction of sp³-hybridized carbons (Fsp3) is 0.263. The van der Waals surface area contributed by atoms with Gasteiger partial charge < -0.3 is 14.2 Å². The Morgan fingerprint density at radius 2 is 1.76 bits per heavy atom. The molecule has 0 aliphatic rings. The van der Waals surface area contributed by atoms with E-state index in [2.05, 4.69) is 0 Å². The zero-order valence-electron chi connectivity index (χ0n) is 14.2. The minimum absolute atomic E-state index is 0.219. The van der Waals surface area contributed by atoms with Crippen LogP contribution in [0.5, 0.6) is 11.5 Å². The molecule has 0 aliphatic carbocycles. The average molecular weight is 363 g/mol. The van der Waals surface area contributed by atoms with Gasteiger partial charge in [-0.3, -0.25) is 4.79 Å². The highest BCUT2D eigenvalue weighted by Crippen LogP contribution is 2.29. The molecule has 0 aliphatic heterocycles. The average Bonchev–Trinajstić information content (AvgIpc) is 2.60. The van der Waals surface area contributed by atoms with E-state index in [0.29, 0.717) is 23.1 Å². The first kappa shape index (κ1) is 18.8. The van der Waals surface area contributed by atoms with Gasteiger partial charge in [-0.25, -0.2) is 4.79 Å².